The second kappa shape index (κ2) is 12.4. The lowest BCUT2D eigenvalue weighted by molar-refractivity contribution is 0.0529. The lowest BCUT2D eigenvalue weighted by Gasteiger charge is -2.19. The number of nitrogens with zero attached hydrogens (tertiary/aromatic N) is 2. The van der Waals surface area contributed by atoms with Crippen molar-refractivity contribution in [3.63, 3.8) is 0 Å². The molecule has 0 radical (unpaired) electrons. The van der Waals surface area contributed by atoms with Crippen LogP contribution >= 0.6 is 0 Å². The van der Waals surface area contributed by atoms with Crippen molar-refractivity contribution in [2.75, 3.05) is 26.7 Å². The van der Waals surface area contributed by atoms with Gasteiger partial charge in [0.25, 0.3) is 0 Å². The maximum Gasteiger partial charge on any atom is 0.407 e. The number of pyridine rings is 1. The zero-order chi connectivity index (χ0) is 23.4. The second-order valence-corrected chi connectivity index (χ2v) is 7.77. The summed E-state index contributed by atoms with van der Waals surface area (Å²) < 4.78 is 16.6. The first-order valence-electron chi connectivity index (χ1n) is 10.6. The van der Waals surface area contributed by atoms with Crippen LogP contribution in [0.4, 0.5) is 4.79 Å². The molecule has 0 aliphatic heterocycles. The molecule has 0 atom stereocenters. The van der Waals surface area contributed by atoms with E-state index >= 15 is 0 Å². The predicted octanol–water partition coefficient (Wildman–Crippen LogP) is 3.46. The van der Waals surface area contributed by atoms with Crippen molar-refractivity contribution in [3.05, 3.63) is 48.2 Å². The highest BCUT2D eigenvalue weighted by Gasteiger charge is 2.15. The van der Waals surface area contributed by atoms with Crippen molar-refractivity contribution >= 4 is 12.1 Å². The first-order chi connectivity index (χ1) is 15.3. The van der Waals surface area contributed by atoms with Gasteiger partial charge in [0.2, 0.25) is 5.88 Å². The van der Waals surface area contributed by atoms with Gasteiger partial charge in [0.1, 0.15) is 5.60 Å². The van der Waals surface area contributed by atoms with Crippen LogP contribution in [0.15, 0.2) is 47.6 Å². The van der Waals surface area contributed by atoms with E-state index in [2.05, 4.69) is 25.9 Å². The van der Waals surface area contributed by atoms with E-state index in [4.69, 9.17) is 14.2 Å². The highest BCUT2D eigenvalue weighted by molar-refractivity contribution is 5.79. The molecular weight excluding hydrogens is 410 g/mol. The van der Waals surface area contributed by atoms with E-state index in [-0.39, 0.29) is 0 Å². The molecule has 1 heterocycles. The largest absolute Gasteiger partial charge is 0.490 e. The highest BCUT2D eigenvalue weighted by atomic mass is 16.6. The van der Waals surface area contributed by atoms with Crippen molar-refractivity contribution in [3.8, 4) is 17.4 Å². The molecule has 174 valence electrons. The molecule has 0 aliphatic carbocycles. The molecule has 3 N–H and O–H groups in total. The molecule has 2 rings (SSSR count). The number of hydrogen-bond donors (Lipinski definition) is 3. The quantitative estimate of drug-likeness (QED) is 0.310. The van der Waals surface area contributed by atoms with Crippen molar-refractivity contribution in [2.24, 2.45) is 4.99 Å². The van der Waals surface area contributed by atoms with Crippen LogP contribution in [0.2, 0.25) is 0 Å². The Bertz CT molecular complexity index is 879. The van der Waals surface area contributed by atoms with Crippen LogP contribution in [-0.4, -0.2) is 49.4 Å². The first kappa shape index (κ1) is 24.8. The first-order valence-corrected chi connectivity index (χ1v) is 10.6. The zero-order valence-corrected chi connectivity index (χ0v) is 19.4. The van der Waals surface area contributed by atoms with Gasteiger partial charge in [-0.05, 0) is 45.4 Å². The maximum atomic E-state index is 11.6. The van der Waals surface area contributed by atoms with Gasteiger partial charge < -0.3 is 30.2 Å². The maximum absolute atomic E-state index is 11.6. The number of aromatic nitrogens is 1. The number of rotatable bonds is 9. The van der Waals surface area contributed by atoms with Crippen molar-refractivity contribution < 1.29 is 19.0 Å². The Balaban J connectivity index is 1.76. The van der Waals surface area contributed by atoms with Gasteiger partial charge in [-0.2, -0.15) is 0 Å². The standard InChI is InChI=1S/C23H33N5O4/c1-6-30-18-9-7-8-10-19(18)31-20-12-11-17(15-27-20)16-28-21(24-5)25-13-14-26-22(29)32-23(2,3)4/h7-12,15H,6,13-14,16H2,1-5H3,(H,26,29)(H2,24,25,28). The smallest absolute Gasteiger partial charge is 0.407 e. The molecule has 1 aromatic heterocycles. The minimum absolute atomic E-state index is 0.409. The van der Waals surface area contributed by atoms with Crippen LogP contribution in [0.5, 0.6) is 17.4 Å². The molecule has 0 saturated carbocycles. The topological polar surface area (TPSA) is 106 Å². The van der Waals surface area contributed by atoms with Gasteiger partial charge in [0, 0.05) is 38.9 Å². The molecule has 1 aromatic carbocycles. The third-order valence-corrected chi connectivity index (χ3v) is 3.93. The number of alkyl carbamates (subject to hydrolysis) is 1. The molecule has 0 fully saturated rings. The summed E-state index contributed by atoms with van der Waals surface area (Å²) in [7, 11) is 1.68. The van der Waals surface area contributed by atoms with Gasteiger partial charge in [0.05, 0.1) is 6.61 Å². The third-order valence-electron chi connectivity index (χ3n) is 3.93. The highest BCUT2D eigenvalue weighted by Crippen LogP contribution is 2.30. The van der Waals surface area contributed by atoms with Crippen LogP contribution in [-0.2, 0) is 11.3 Å². The van der Waals surface area contributed by atoms with Crippen molar-refractivity contribution in [1.29, 1.82) is 0 Å². The number of aliphatic imine (C=N–C) groups is 1. The summed E-state index contributed by atoms with van der Waals surface area (Å²) in [6.07, 6.45) is 1.29. The molecule has 0 unspecified atom stereocenters. The van der Waals surface area contributed by atoms with E-state index in [9.17, 15) is 4.79 Å². The van der Waals surface area contributed by atoms with E-state index < -0.39 is 11.7 Å². The van der Waals surface area contributed by atoms with Crippen LogP contribution in [0.1, 0.15) is 33.3 Å². The third kappa shape index (κ3) is 9.11. The summed E-state index contributed by atoms with van der Waals surface area (Å²) in [4.78, 5) is 20.2. The van der Waals surface area contributed by atoms with Crippen molar-refractivity contribution in [2.45, 2.75) is 39.8 Å². The number of hydrogen-bond acceptors (Lipinski definition) is 6. The number of para-hydroxylation sites is 2. The summed E-state index contributed by atoms with van der Waals surface area (Å²) >= 11 is 0. The summed E-state index contributed by atoms with van der Waals surface area (Å²) in [6, 6.07) is 11.2. The number of ether oxygens (including phenoxy) is 3. The average Bonchev–Trinajstić information content (AvgIpc) is 2.74. The number of carbonyl (C=O) groups excluding carboxylic acids is 1. The lowest BCUT2D eigenvalue weighted by Crippen LogP contribution is -2.42. The Hall–Kier alpha value is -3.49. The molecule has 0 bridgehead atoms. The summed E-state index contributed by atoms with van der Waals surface area (Å²) in [5.41, 5.74) is 0.446. The molecule has 2 aromatic rings. The number of benzene rings is 1. The van der Waals surface area contributed by atoms with E-state index in [1.54, 1.807) is 19.3 Å². The Morgan fingerprint density at radius 1 is 1.03 bits per heavy atom. The second-order valence-electron chi connectivity index (χ2n) is 7.77. The Morgan fingerprint density at radius 2 is 1.75 bits per heavy atom. The molecule has 32 heavy (non-hydrogen) atoms. The monoisotopic (exact) mass is 443 g/mol. The zero-order valence-electron chi connectivity index (χ0n) is 19.4. The fourth-order valence-electron chi connectivity index (χ4n) is 2.56. The SMILES string of the molecule is CCOc1ccccc1Oc1ccc(CNC(=NC)NCCNC(=O)OC(C)(C)C)cn1. The molecule has 9 heteroatoms. The van der Waals surface area contributed by atoms with E-state index in [0.717, 1.165) is 5.56 Å². The fraction of sp³-hybridized carbons (Fsp3) is 0.435. The summed E-state index contributed by atoms with van der Waals surface area (Å²) in [6.45, 7) is 9.40. The van der Waals surface area contributed by atoms with Gasteiger partial charge in [-0.1, -0.05) is 18.2 Å². The van der Waals surface area contributed by atoms with Gasteiger partial charge >= 0.3 is 6.09 Å². The van der Waals surface area contributed by atoms with Gasteiger partial charge in [-0.15, -0.1) is 0 Å². The number of guanidine groups is 1. The van der Waals surface area contributed by atoms with Crippen LogP contribution in [0, 0.1) is 0 Å². The van der Waals surface area contributed by atoms with Crippen LogP contribution in [0.3, 0.4) is 0 Å². The minimum Gasteiger partial charge on any atom is -0.490 e. The normalized spacial score (nSPS) is 11.5. The van der Waals surface area contributed by atoms with Crippen molar-refractivity contribution in [1.82, 2.24) is 20.9 Å². The van der Waals surface area contributed by atoms with Gasteiger partial charge in [-0.3, -0.25) is 4.99 Å². The van der Waals surface area contributed by atoms with Crippen LogP contribution in [0.25, 0.3) is 0 Å². The van der Waals surface area contributed by atoms with E-state index in [0.29, 0.717) is 49.6 Å². The minimum atomic E-state index is -0.517. The number of amides is 1. The molecule has 0 aliphatic rings. The van der Waals surface area contributed by atoms with Crippen LogP contribution < -0.4 is 25.4 Å². The lowest BCUT2D eigenvalue weighted by atomic mass is 10.2. The molecule has 0 spiro atoms. The fourth-order valence-corrected chi connectivity index (χ4v) is 2.56. The number of nitrogens with one attached hydrogen (secondary N) is 3. The summed E-state index contributed by atoms with van der Waals surface area (Å²) in [5, 5.41) is 9.02. The molecule has 1 amide bonds. The van der Waals surface area contributed by atoms with E-state index in [1.165, 1.54) is 0 Å². The Morgan fingerprint density at radius 3 is 2.38 bits per heavy atom. The summed E-state index contributed by atoms with van der Waals surface area (Å²) in [5.74, 6) is 2.40. The van der Waals surface area contributed by atoms with Gasteiger partial charge in [-0.25, -0.2) is 9.78 Å². The molecule has 9 nitrogen and oxygen atoms in total. The molecule has 0 saturated heterocycles. The van der Waals surface area contributed by atoms with E-state index in [1.807, 2.05) is 58.0 Å². The average molecular weight is 444 g/mol. The Kier molecular flexibility index (Phi) is 9.59. The predicted molar refractivity (Wildman–Crippen MR) is 124 cm³/mol. The molecular formula is C23H33N5O4. The Labute approximate surface area is 189 Å². The van der Waals surface area contributed by atoms with Gasteiger partial charge in [0.15, 0.2) is 17.5 Å². The number of carbonyl (C=O) groups is 1.